The zero-order valence-corrected chi connectivity index (χ0v) is 15.0. The Morgan fingerprint density at radius 1 is 1.21 bits per heavy atom. The second kappa shape index (κ2) is 5.78. The minimum absolute atomic E-state index is 0.0904. The lowest BCUT2D eigenvalue weighted by Crippen LogP contribution is -2.61. The first-order valence-electron chi connectivity index (χ1n) is 7.50. The van der Waals surface area contributed by atoms with Crippen LogP contribution in [0.1, 0.15) is 16.2 Å². The number of sulfonamides is 1. The van der Waals surface area contributed by atoms with Crippen LogP contribution >= 0.6 is 0 Å². The fourth-order valence-electron chi connectivity index (χ4n) is 3.39. The molecule has 3 heterocycles. The van der Waals surface area contributed by atoms with Gasteiger partial charge in [-0.3, -0.25) is 4.79 Å². The first-order chi connectivity index (χ1) is 11.1. The summed E-state index contributed by atoms with van der Waals surface area (Å²) < 4.78 is 49.2. The lowest BCUT2D eigenvalue weighted by Gasteiger charge is -2.42. The van der Waals surface area contributed by atoms with Crippen LogP contribution in [0.25, 0.3) is 0 Å². The molecule has 2 fully saturated rings. The van der Waals surface area contributed by atoms with Crippen molar-refractivity contribution < 1.29 is 21.6 Å². The second-order valence-electron chi connectivity index (χ2n) is 6.25. The molecule has 8 nitrogen and oxygen atoms in total. The normalized spacial score (nSPS) is 27.0. The largest absolute Gasteiger partial charge is 0.330 e. The number of aromatic nitrogens is 1. The number of amides is 1. The summed E-state index contributed by atoms with van der Waals surface area (Å²) in [5.41, 5.74) is 0.928. The molecule has 0 N–H and O–H groups in total. The topological polar surface area (TPSA) is 105 Å². The highest BCUT2D eigenvalue weighted by Crippen LogP contribution is 2.29. The molecule has 1 aromatic rings. The summed E-state index contributed by atoms with van der Waals surface area (Å²) in [4.78, 5) is 18.4. The van der Waals surface area contributed by atoms with E-state index in [-0.39, 0.29) is 36.2 Å². The number of rotatable bonds is 2. The van der Waals surface area contributed by atoms with Crippen molar-refractivity contribution >= 4 is 25.8 Å². The predicted molar refractivity (Wildman–Crippen MR) is 87.8 cm³/mol. The van der Waals surface area contributed by atoms with Crippen LogP contribution in [0.4, 0.5) is 0 Å². The number of pyridine rings is 1. The van der Waals surface area contributed by atoms with E-state index in [0.29, 0.717) is 5.69 Å². The summed E-state index contributed by atoms with van der Waals surface area (Å²) in [5, 5.41) is 0. The molecule has 0 saturated carbocycles. The van der Waals surface area contributed by atoms with E-state index in [1.807, 2.05) is 0 Å². The summed E-state index contributed by atoms with van der Waals surface area (Å²) in [5.74, 6) is -0.837. The molecule has 0 radical (unpaired) electrons. The third-order valence-corrected chi connectivity index (χ3v) is 7.42. The molecule has 10 heteroatoms. The third-order valence-electron chi connectivity index (χ3n) is 4.42. The molecule has 2 aliphatic rings. The Kier molecular flexibility index (Phi) is 4.17. The van der Waals surface area contributed by atoms with Crippen molar-refractivity contribution in [2.24, 2.45) is 0 Å². The van der Waals surface area contributed by atoms with E-state index in [1.54, 1.807) is 25.1 Å². The molecular formula is C14H19N3O5S2. The molecule has 1 amide bonds. The first-order valence-corrected chi connectivity index (χ1v) is 11.2. The van der Waals surface area contributed by atoms with Gasteiger partial charge >= 0.3 is 0 Å². The number of hydrogen-bond acceptors (Lipinski definition) is 6. The van der Waals surface area contributed by atoms with Gasteiger partial charge in [-0.2, -0.15) is 4.31 Å². The minimum Gasteiger partial charge on any atom is -0.330 e. The summed E-state index contributed by atoms with van der Waals surface area (Å²) in [6.45, 7) is 2.01. The van der Waals surface area contributed by atoms with Crippen LogP contribution in [0.2, 0.25) is 0 Å². The van der Waals surface area contributed by atoms with Crippen molar-refractivity contribution in [3.8, 4) is 0 Å². The quantitative estimate of drug-likeness (QED) is 0.677. The number of sulfone groups is 1. The first kappa shape index (κ1) is 17.3. The van der Waals surface area contributed by atoms with Crippen LogP contribution in [-0.4, -0.2) is 79.9 Å². The predicted octanol–water partition coefficient (Wildman–Crippen LogP) is -0.727. The maximum absolute atomic E-state index is 12.8. The molecule has 3 rings (SSSR count). The highest BCUT2D eigenvalue weighted by molar-refractivity contribution is 7.92. The second-order valence-corrected chi connectivity index (χ2v) is 10.3. The molecule has 132 valence electrons. The smallest absolute Gasteiger partial charge is 0.272 e. The van der Waals surface area contributed by atoms with Crippen molar-refractivity contribution in [3.05, 3.63) is 29.6 Å². The van der Waals surface area contributed by atoms with E-state index in [2.05, 4.69) is 4.98 Å². The van der Waals surface area contributed by atoms with Crippen molar-refractivity contribution in [1.29, 1.82) is 0 Å². The molecule has 0 spiro atoms. The molecule has 0 bridgehead atoms. The van der Waals surface area contributed by atoms with Gasteiger partial charge in [0.05, 0.1) is 29.8 Å². The standard InChI is InChI=1S/C14H19N3O5S2/c1-10-4-3-5-11(15-10)14(18)16-6-7-17(23(2,19)20)13-9-24(21,22)8-12(13)16/h3-5,12-13H,6-9H2,1-2H3/t12-,13+/m1/s1. The molecule has 0 aromatic carbocycles. The molecular weight excluding hydrogens is 354 g/mol. The van der Waals surface area contributed by atoms with E-state index in [0.717, 1.165) is 6.26 Å². The molecule has 24 heavy (non-hydrogen) atoms. The number of aryl methyl sites for hydroxylation is 1. The van der Waals surface area contributed by atoms with Gasteiger partial charge in [-0.25, -0.2) is 21.8 Å². The number of nitrogens with zero attached hydrogens (tertiary/aromatic N) is 3. The number of piperazine rings is 1. The van der Waals surface area contributed by atoms with Gasteiger partial charge in [0.2, 0.25) is 10.0 Å². The van der Waals surface area contributed by atoms with Crippen LogP contribution in [0.15, 0.2) is 18.2 Å². The average molecular weight is 373 g/mol. The van der Waals surface area contributed by atoms with E-state index >= 15 is 0 Å². The van der Waals surface area contributed by atoms with Gasteiger partial charge < -0.3 is 4.90 Å². The van der Waals surface area contributed by atoms with Crippen LogP contribution in [0.5, 0.6) is 0 Å². The number of hydrogen-bond donors (Lipinski definition) is 0. The monoisotopic (exact) mass is 373 g/mol. The highest BCUT2D eigenvalue weighted by atomic mass is 32.2. The van der Waals surface area contributed by atoms with E-state index in [1.165, 1.54) is 9.21 Å². The molecule has 2 aliphatic heterocycles. The Hall–Kier alpha value is -1.52. The number of fused-ring (bicyclic) bond motifs is 1. The molecule has 0 aliphatic carbocycles. The Balaban J connectivity index is 1.95. The van der Waals surface area contributed by atoms with Gasteiger partial charge in [0.1, 0.15) is 5.69 Å². The Morgan fingerprint density at radius 3 is 2.50 bits per heavy atom. The van der Waals surface area contributed by atoms with E-state index in [4.69, 9.17) is 0 Å². The van der Waals surface area contributed by atoms with Crippen LogP contribution in [0.3, 0.4) is 0 Å². The van der Waals surface area contributed by atoms with Gasteiger partial charge in [0.15, 0.2) is 9.84 Å². The summed E-state index contributed by atoms with van der Waals surface area (Å²) >= 11 is 0. The van der Waals surface area contributed by atoms with Crippen LogP contribution < -0.4 is 0 Å². The SMILES string of the molecule is Cc1cccc(C(=O)N2CCN(S(C)(=O)=O)[C@H]3CS(=O)(=O)C[C@H]32)n1. The highest BCUT2D eigenvalue weighted by Gasteiger charge is 2.50. The molecule has 1 aromatic heterocycles. The van der Waals surface area contributed by atoms with Crippen molar-refractivity contribution in [1.82, 2.24) is 14.2 Å². The van der Waals surface area contributed by atoms with Gasteiger partial charge in [-0.15, -0.1) is 0 Å². The van der Waals surface area contributed by atoms with Crippen LogP contribution in [0, 0.1) is 6.92 Å². The zero-order valence-electron chi connectivity index (χ0n) is 13.4. The zero-order chi connectivity index (χ0) is 17.7. The van der Waals surface area contributed by atoms with Gasteiger partial charge in [0.25, 0.3) is 5.91 Å². The van der Waals surface area contributed by atoms with Gasteiger partial charge in [-0.05, 0) is 19.1 Å². The summed E-state index contributed by atoms with van der Waals surface area (Å²) in [7, 11) is -6.93. The molecule has 2 atom stereocenters. The maximum atomic E-state index is 12.8. The number of carbonyl (C=O) groups is 1. The van der Waals surface area contributed by atoms with Gasteiger partial charge in [-0.1, -0.05) is 6.07 Å². The maximum Gasteiger partial charge on any atom is 0.272 e. The summed E-state index contributed by atoms with van der Waals surface area (Å²) in [6.07, 6.45) is 1.06. The molecule has 0 unspecified atom stereocenters. The van der Waals surface area contributed by atoms with Gasteiger partial charge in [0, 0.05) is 18.8 Å². The Bertz CT molecular complexity index is 881. The summed E-state index contributed by atoms with van der Waals surface area (Å²) in [6, 6.07) is 3.66. The van der Waals surface area contributed by atoms with Crippen molar-refractivity contribution in [2.75, 3.05) is 30.9 Å². The molecule has 2 saturated heterocycles. The Morgan fingerprint density at radius 2 is 1.88 bits per heavy atom. The Labute approximate surface area is 141 Å². The van der Waals surface area contributed by atoms with Crippen molar-refractivity contribution in [2.45, 2.75) is 19.0 Å². The fourth-order valence-corrected chi connectivity index (χ4v) is 6.59. The van der Waals surface area contributed by atoms with E-state index < -0.39 is 31.9 Å². The minimum atomic E-state index is -3.54. The fraction of sp³-hybridized carbons (Fsp3) is 0.571. The lowest BCUT2D eigenvalue weighted by molar-refractivity contribution is 0.0510. The van der Waals surface area contributed by atoms with Crippen LogP contribution in [-0.2, 0) is 19.9 Å². The van der Waals surface area contributed by atoms with E-state index in [9.17, 15) is 21.6 Å². The van der Waals surface area contributed by atoms with Crippen molar-refractivity contribution in [3.63, 3.8) is 0 Å². The number of carbonyl (C=O) groups excluding carboxylic acids is 1. The average Bonchev–Trinajstić information content (AvgIpc) is 2.78. The lowest BCUT2D eigenvalue weighted by atomic mass is 10.1. The third kappa shape index (κ3) is 3.17.